The summed E-state index contributed by atoms with van der Waals surface area (Å²) in [7, 11) is 0. The van der Waals surface area contributed by atoms with E-state index in [4.69, 9.17) is 9.47 Å². The highest BCUT2D eigenvalue weighted by molar-refractivity contribution is 5.08. The van der Waals surface area contributed by atoms with Gasteiger partial charge in [0.25, 0.3) is 0 Å². The van der Waals surface area contributed by atoms with E-state index in [2.05, 4.69) is 0 Å². The Labute approximate surface area is 89.8 Å². The first-order valence-electron chi connectivity index (χ1n) is 6.25. The van der Waals surface area contributed by atoms with Gasteiger partial charge in [-0.3, -0.25) is 0 Å². The van der Waals surface area contributed by atoms with Gasteiger partial charge in [-0.1, -0.05) is 0 Å². The summed E-state index contributed by atoms with van der Waals surface area (Å²) >= 11 is 0. The van der Waals surface area contributed by atoms with Crippen molar-refractivity contribution >= 4 is 0 Å². The predicted octanol–water partition coefficient (Wildman–Crippen LogP) is 1.16. The van der Waals surface area contributed by atoms with E-state index in [1.807, 2.05) is 0 Å². The lowest BCUT2D eigenvalue weighted by atomic mass is 9.52. The Balaban J connectivity index is 1.76. The number of aliphatic hydroxyl groups excluding tert-OH is 1. The summed E-state index contributed by atoms with van der Waals surface area (Å²) in [6.45, 7) is 1.43. The largest absolute Gasteiger partial charge is 0.392 e. The van der Waals surface area contributed by atoms with Gasteiger partial charge in [-0.2, -0.15) is 0 Å². The summed E-state index contributed by atoms with van der Waals surface area (Å²) < 4.78 is 11.8. The summed E-state index contributed by atoms with van der Waals surface area (Å²) in [6, 6.07) is 0. The molecule has 15 heavy (non-hydrogen) atoms. The van der Waals surface area contributed by atoms with Crippen LogP contribution in [0.25, 0.3) is 0 Å². The second-order valence-electron chi connectivity index (χ2n) is 5.78. The molecule has 0 radical (unpaired) electrons. The Kier molecular flexibility index (Phi) is 1.65. The molecule has 3 heteroatoms. The van der Waals surface area contributed by atoms with E-state index < -0.39 is 0 Å². The molecule has 4 saturated carbocycles. The van der Waals surface area contributed by atoms with Crippen LogP contribution in [-0.2, 0) is 9.47 Å². The average Bonchev–Trinajstić information content (AvgIpc) is 2.71. The minimum atomic E-state index is -0.382. The van der Waals surface area contributed by atoms with Crippen molar-refractivity contribution in [3.63, 3.8) is 0 Å². The van der Waals surface area contributed by atoms with Crippen molar-refractivity contribution in [3.05, 3.63) is 0 Å². The summed E-state index contributed by atoms with van der Waals surface area (Å²) in [5.41, 5.74) is 0. The number of hydrogen-bond donors (Lipinski definition) is 1. The van der Waals surface area contributed by atoms with Crippen molar-refractivity contribution in [2.75, 3.05) is 13.2 Å². The Bertz CT molecular complexity index is 285. The van der Waals surface area contributed by atoms with E-state index in [0.29, 0.717) is 11.8 Å². The first-order valence-corrected chi connectivity index (χ1v) is 6.25. The Morgan fingerprint density at radius 3 is 2.60 bits per heavy atom. The third-order valence-corrected chi connectivity index (χ3v) is 5.15. The lowest BCUT2D eigenvalue weighted by Crippen LogP contribution is -2.64. The molecule has 0 amide bonds. The molecule has 5 atom stereocenters. The van der Waals surface area contributed by atoms with Crippen LogP contribution in [0, 0.1) is 23.7 Å². The maximum atomic E-state index is 10.3. The van der Waals surface area contributed by atoms with Gasteiger partial charge in [0.1, 0.15) is 0 Å². The van der Waals surface area contributed by atoms with Gasteiger partial charge in [0.05, 0.1) is 19.3 Å². The molecular formula is C12H18O3. The van der Waals surface area contributed by atoms with E-state index in [-0.39, 0.29) is 17.8 Å². The number of rotatable bonds is 0. The van der Waals surface area contributed by atoms with Gasteiger partial charge in [-0.25, -0.2) is 0 Å². The van der Waals surface area contributed by atoms with Crippen LogP contribution in [0.3, 0.4) is 0 Å². The van der Waals surface area contributed by atoms with Gasteiger partial charge in [0.15, 0.2) is 5.79 Å². The molecule has 0 aromatic heterocycles. The van der Waals surface area contributed by atoms with E-state index in [9.17, 15) is 5.11 Å². The molecular weight excluding hydrogens is 192 g/mol. The molecule has 4 bridgehead atoms. The zero-order valence-electron chi connectivity index (χ0n) is 8.89. The summed E-state index contributed by atoms with van der Waals surface area (Å²) in [5, 5.41) is 10.3. The predicted molar refractivity (Wildman–Crippen MR) is 53.1 cm³/mol. The Morgan fingerprint density at radius 1 is 1.00 bits per heavy atom. The maximum absolute atomic E-state index is 10.3. The average molecular weight is 210 g/mol. The minimum Gasteiger partial charge on any atom is -0.392 e. The topological polar surface area (TPSA) is 38.7 Å². The van der Waals surface area contributed by atoms with Crippen molar-refractivity contribution in [2.24, 2.45) is 23.7 Å². The fourth-order valence-electron chi connectivity index (χ4n) is 4.71. The molecule has 4 aliphatic carbocycles. The van der Waals surface area contributed by atoms with Crippen LogP contribution in [0.5, 0.6) is 0 Å². The zero-order chi connectivity index (χ0) is 10.0. The van der Waals surface area contributed by atoms with E-state index in [1.54, 1.807) is 0 Å². The van der Waals surface area contributed by atoms with Crippen LogP contribution >= 0.6 is 0 Å². The monoisotopic (exact) mass is 210 g/mol. The second kappa shape index (κ2) is 2.76. The lowest BCUT2D eigenvalue weighted by Gasteiger charge is -2.60. The van der Waals surface area contributed by atoms with Gasteiger partial charge >= 0.3 is 0 Å². The van der Waals surface area contributed by atoms with Gasteiger partial charge in [-0.05, 0) is 37.5 Å². The first-order chi connectivity index (χ1) is 7.29. The smallest absolute Gasteiger partial charge is 0.176 e. The van der Waals surface area contributed by atoms with Crippen molar-refractivity contribution < 1.29 is 14.6 Å². The van der Waals surface area contributed by atoms with Crippen LogP contribution in [0.1, 0.15) is 25.7 Å². The molecule has 1 spiro atoms. The highest BCUT2D eigenvalue weighted by Crippen LogP contribution is 2.60. The summed E-state index contributed by atoms with van der Waals surface area (Å²) in [5.74, 6) is 1.81. The molecule has 0 aromatic rings. The fourth-order valence-corrected chi connectivity index (χ4v) is 4.71. The first kappa shape index (κ1) is 8.97. The third-order valence-electron chi connectivity index (χ3n) is 5.15. The molecule has 1 aliphatic heterocycles. The number of hydrogen-bond acceptors (Lipinski definition) is 3. The maximum Gasteiger partial charge on any atom is 0.176 e. The zero-order valence-corrected chi connectivity index (χ0v) is 8.89. The highest BCUT2D eigenvalue weighted by Gasteiger charge is 2.64. The Hall–Kier alpha value is -0.120. The lowest BCUT2D eigenvalue weighted by molar-refractivity contribution is -0.314. The molecule has 1 saturated heterocycles. The molecule has 1 N–H and O–H groups in total. The van der Waals surface area contributed by atoms with E-state index >= 15 is 0 Å². The Morgan fingerprint density at radius 2 is 1.80 bits per heavy atom. The van der Waals surface area contributed by atoms with Crippen LogP contribution in [-0.4, -0.2) is 30.2 Å². The van der Waals surface area contributed by atoms with Crippen LogP contribution in [0.15, 0.2) is 0 Å². The van der Waals surface area contributed by atoms with Crippen LogP contribution in [0.4, 0.5) is 0 Å². The molecule has 0 aromatic carbocycles. The van der Waals surface area contributed by atoms with Crippen LogP contribution in [0.2, 0.25) is 0 Å². The van der Waals surface area contributed by atoms with Crippen molar-refractivity contribution in [1.82, 2.24) is 0 Å². The SMILES string of the molecule is O[C@@H]1C2CC3CC(C2)C2(OCCO2)C1C3. The molecule has 5 aliphatic rings. The molecule has 1 heterocycles. The molecule has 5 fully saturated rings. The molecule has 84 valence electrons. The summed E-state index contributed by atoms with van der Waals surface area (Å²) in [4.78, 5) is 0. The third kappa shape index (κ3) is 0.973. The van der Waals surface area contributed by atoms with Gasteiger partial charge in [0, 0.05) is 11.8 Å². The fraction of sp³-hybridized carbons (Fsp3) is 1.00. The van der Waals surface area contributed by atoms with Gasteiger partial charge in [0.2, 0.25) is 0 Å². The van der Waals surface area contributed by atoms with E-state index in [0.717, 1.165) is 32.0 Å². The van der Waals surface area contributed by atoms with Crippen molar-refractivity contribution in [3.8, 4) is 0 Å². The van der Waals surface area contributed by atoms with Gasteiger partial charge < -0.3 is 14.6 Å². The number of aliphatic hydroxyl groups is 1. The normalized spacial score (nSPS) is 55.4. The molecule has 3 nitrogen and oxygen atoms in total. The minimum absolute atomic E-state index is 0.170. The highest BCUT2D eigenvalue weighted by atomic mass is 16.7. The standard InChI is InChI=1S/C12H18O3/c13-11-8-3-7-4-9(6-8)12(10(11)5-7)14-1-2-15-12/h7-11,13H,1-6H2/t7?,8?,9?,10?,11-/m1/s1. The van der Waals surface area contributed by atoms with Crippen molar-refractivity contribution in [1.29, 1.82) is 0 Å². The molecule has 4 unspecified atom stereocenters. The quantitative estimate of drug-likeness (QED) is 0.652. The van der Waals surface area contributed by atoms with E-state index in [1.165, 1.54) is 12.8 Å². The number of ether oxygens (including phenoxy) is 2. The summed E-state index contributed by atoms with van der Waals surface area (Å²) in [6.07, 6.45) is 4.57. The molecule has 5 rings (SSSR count). The van der Waals surface area contributed by atoms with Gasteiger partial charge in [-0.15, -0.1) is 0 Å². The second-order valence-corrected chi connectivity index (χ2v) is 5.78. The van der Waals surface area contributed by atoms with Crippen LogP contribution < -0.4 is 0 Å². The van der Waals surface area contributed by atoms with Crippen molar-refractivity contribution in [2.45, 2.75) is 37.6 Å².